The van der Waals surface area contributed by atoms with Crippen molar-refractivity contribution in [2.24, 2.45) is 0 Å². The lowest BCUT2D eigenvalue weighted by Crippen LogP contribution is -2.52. The van der Waals surface area contributed by atoms with E-state index in [1.165, 1.54) is 0 Å². The molecule has 1 aromatic carbocycles. The number of halogens is 1. The topological polar surface area (TPSA) is 62.1 Å². The van der Waals surface area contributed by atoms with E-state index in [0.29, 0.717) is 23.6 Å². The minimum absolute atomic E-state index is 0.265. The van der Waals surface area contributed by atoms with Gasteiger partial charge in [0.1, 0.15) is 11.3 Å². The molecule has 1 aliphatic rings. The Labute approximate surface area is 130 Å². The summed E-state index contributed by atoms with van der Waals surface area (Å²) in [5.74, 6) is 0.276. The smallest absolute Gasteiger partial charge is 0.262 e. The standard InChI is InChI=1S/C16H19ClN2O2/c1-12(21-14-7-5-6-13(17)10-14)15(20)19-16(11-18)8-3-2-4-9-16/h5-7,10,12H,2-4,8-9H2,1H3,(H,19,20)/t12-/m1/s1. The Morgan fingerprint density at radius 3 is 2.76 bits per heavy atom. The maximum absolute atomic E-state index is 12.2. The van der Waals surface area contributed by atoms with Gasteiger partial charge in [0.15, 0.2) is 6.10 Å². The number of nitrogens with zero attached hydrogens (tertiary/aromatic N) is 1. The first kappa shape index (κ1) is 15.7. The zero-order valence-corrected chi connectivity index (χ0v) is 12.8. The number of nitrogens with one attached hydrogen (secondary N) is 1. The summed E-state index contributed by atoms with van der Waals surface area (Å²) < 4.78 is 5.58. The van der Waals surface area contributed by atoms with Gasteiger partial charge in [0.25, 0.3) is 5.91 Å². The second-order valence-corrected chi connectivity index (χ2v) is 5.90. The molecule has 0 radical (unpaired) electrons. The second kappa shape index (κ2) is 6.82. The van der Waals surface area contributed by atoms with Gasteiger partial charge >= 0.3 is 0 Å². The van der Waals surface area contributed by atoms with Gasteiger partial charge in [0.2, 0.25) is 0 Å². The lowest BCUT2D eigenvalue weighted by Gasteiger charge is -2.32. The second-order valence-electron chi connectivity index (χ2n) is 5.46. The molecule has 1 atom stereocenters. The Bertz CT molecular complexity index is 547. The highest BCUT2D eigenvalue weighted by Gasteiger charge is 2.35. The van der Waals surface area contributed by atoms with E-state index in [0.717, 1.165) is 19.3 Å². The van der Waals surface area contributed by atoms with Crippen molar-refractivity contribution >= 4 is 17.5 Å². The highest BCUT2D eigenvalue weighted by molar-refractivity contribution is 6.30. The Hall–Kier alpha value is -1.73. The van der Waals surface area contributed by atoms with Crippen molar-refractivity contribution in [1.82, 2.24) is 5.32 Å². The van der Waals surface area contributed by atoms with Gasteiger partial charge in [-0.2, -0.15) is 5.26 Å². The fourth-order valence-electron chi connectivity index (χ4n) is 2.56. The molecule has 5 heteroatoms. The van der Waals surface area contributed by atoms with Crippen molar-refractivity contribution < 1.29 is 9.53 Å². The summed E-state index contributed by atoms with van der Waals surface area (Å²) in [6.45, 7) is 1.67. The summed E-state index contributed by atoms with van der Waals surface area (Å²) >= 11 is 5.88. The zero-order chi connectivity index (χ0) is 15.3. The zero-order valence-electron chi connectivity index (χ0n) is 12.1. The van der Waals surface area contributed by atoms with Crippen LogP contribution in [0.3, 0.4) is 0 Å². The van der Waals surface area contributed by atoms with Crippen LogP contribution in [0.5, 0.6) is 5.75 Å². The average Bonchev–Trinajstić information content (AvgIpc) is 2.48. The summed E-state index contributed by atoms with van der Waals surface area (Å²) in [7, 11) is 0. The minimum atomic E-state index is -0.735. The molecule has 1 aliphatic carbocycles. The molecule has 0 heterocycles. The minimum Gasteiger partial charge on any atom is -0.481 e. The van der Waals surface area contributed by atoms with E-state index >= 15 is 0 Å². The largest absolute Gasteiger partial charge is 0.481 e. The Morgan fingerprint density at radius 1 is 1.43 bits per heavy atom. The average molecular weight is 307 g/mol. The molecule has 0 unspecified atom stereocenters. The number of hydrogen-bond acceptors (Lipinski definition) is 3. The van der Waals surface area contributed by atoms with E-state index in [4.69, 9.17) is 16.3 Å². The van der Waals surface area contributed by atoms with Gasteiger partial charge in [-0.1, -0.05) is 36.9 Å². The quantitative estimate of drug-likeness (QED) is 0.926. The fraction of sp³-hybridized carbons (Fsp3) is 0.500. The van der Waals surface area contributed by atoms with Crippen LogP contribution in [0, 0.1) is 11.3 Å². The maximum Gasteiger partial charge on any atom is 0.262 e. The monoisotopic (exact) mass is 306 g/mol. The molecule has 4 nitrogen and oxygen atoms in total. The molecule has 0 aromatic heterocycles. The molecular formula is C16H19ClN2O2. The Morgan fingerprint density at radius 2 is 2.14 bits per heavy atom. The predicted octanol–water partition coefficient (Wildman–Crippen LogP) is 3.45. The number of benzene rings is 1. The summed E-state index contributed by atoms with van der Waals surface area (Å²) in [5.41, 5.74) is -0.735. The van der Waals surface area contributed by atoms with E-state index in [1.54, 1.807) is 31.2 Å². The van der Waals surface area contributed by atoms with Gasteiger partial charge in [-0.05, 0) is 38.0 Å². The van der Waals surface area contributed by atoms with Crippen LogP contribution >= 0.6 is 11.6 Å². The molecule has 1 saturated carbocycles. The number of carbonyl (C=O) groups excluding carboxylic acids is 1. The Kier molecular flexibility index (Phi) is 5.08. The highest BCUT2D eigenvalue weighted by Crippen LogP contribution is 2.27. The van der Waals surface area contributed by atoms with Crippen LogP contribution in [-0.4, -0.2) is 17.6 Å². The highest BCUT2D eigenvalue weighted by atomic mass is 35.5. The lowest BCUT2D eigenvalue weighted by molar-refractivity contribution is -0.129. The molecule has 0 bridgehead atoms. The van der Waals surface area contributed by atoms with Crippen LogP contribution in [-0.2, 0) is 4.79 Å². The summed E-state index contributed by atoms with van der Waals surface area (Å²) in [6, 6.07) is 9.18. The third-order valence-electron chi connectivity index (χ3n) is 3.76. The van der Waals surface area contributed by atoms with Crippen LogP contribution < -0.4 is 10.1 Å². The summed E-state index contributed by atoms with van der Waals surface area (Å²) in [5, 5.41) is 12.8. The lowest BCUT2D eigenvalue weighted by atomic mass is 9.83. The van der Waals surface area contributed by atoms with E-state index in [2.05, 4.69) is 11.4 Å². The van der Waals surface area contributed by atoms with Crippen molar-refractivity contribution in [1.29, 1.82) is 5.26 Å². The van der Waals surface area contributed by atoms with Crippen LogP contribution in [0.15, 0.2) is 24.3 Å². The summed E-state index contributed by atoms with van der Waals surface area (Å²) in [4.78, 5) is 12.2. The molecular weight excluding hydrogens is 288 g/mol. The van der Waals surface area contributed by atoms with Crippen molar-refractivity contribution in [3.63, 3.8) is 0 Å². The van der Waals surface area contributed by atoms with E-state index in [1.807, 2.05) is 0 Å². The van der Waals surface area contributed by atoms with Crippen LogP contribution in [0.2, 0.25) is 5.02 Å². The first-order valence-corrected chi connectivity index (χ1v) is 7.58. The number of rotatable bonds is 4. The molecule has 0 aliphatic heterocycles. The van der Waals surface area contributed by atoms with Crippen molar-refractivity contribution in [2.75, 3.05) is 0 Å². The van der Waals surface area contributed by atoms with Crippen molar-refractivity contribution in [2.45, 2.75) is 50.7 Å². The number of ether oxygens (including phenoxy) is 1. The van der Waals surface area contributed by atoms with E-state index in [9.17, 15) is 10.1 Å². The van der Waals surface area contributed by atoms with Crippen molar-refractivity contribution in [3.8, 4) is 11.8 Å². The van der Waals surface area contributed by atoms with Gasteiger partial charge in [-0.3, -0.25) is 4.79 Å². The van der Waals surface area contributed by atoms with Crippen LogP contribution in [0.25, 0.3) is 0 Å². The number of hydrogen-bond donors (Lipinski definition) is 1. The molecule has 1 N–H and O–H groups in total. The first-order valence-electron chi connectivity index (χ1n) is 7.20. The van der Waals surface area contributed by atoms with Gasteiger partial charge in [0.05, 0.1) is 6.07 Å². The first-order chi connectivity index (χ1) is 10.0. The molecule has 1 fully saturated rings. The Balaban J connectivity index is 1.97. The molecule has 21 heavy (non-hydrogen) atoms. The van der Waals surface area contributed by atoms with Gasteiger partial charge in [-0.15, -0.1) is 0 Å². The van der Waals surface area contributed by atoms with Crippen LogP contribution in [0.4, 0.5) is 0 Å². The van der Waals surface area contributed by atoms with Gasteiger partial charge in [0, 0.05) is 5.02 Å². The predicted molar refractivity (Wildman–Crippen MR) is 81.1 cm³/mol. The van der Waals surface area contributed by atoms with E-state index < -0.39 is 11.6 Å². The van der Waals surface area contributed by atoms with Gasteiger partial charge < -0.3 is 10.1 Å². The number of nitriles is 1. The normalized spacial score (nSPS) is 18.3. The van der Waals surface area contributed by atoms with Gasteiger partial charge in [-0.25, -0.2) is 0 Å². The number of carbonyl (C=O) groups is 1. The molecule has 112 valence electrons. The maximum atomic E-state index is 12.2. The number of amides is 1. The molecule has 1 amide bonds. The third kappa shape index (κ3) is 4.12. The van der Waals surface area contributed by atoms with E-state index in [-0.39, 0.29) is 5.91 Å². The fourth-order valence-corrected chi connectivity index (χ4v) is 2.74. The van der Waals surface area contributed by atoms with Crippen molar-refractivity contribution in [3.05, 3.63) is 29.3 Å². The summed E-state index contributed by atoms with van der Waals surface area (Å²) in [6.07, 6.45) is 3.80. The SMILES string of the molecule is C[C@@H](Oc1cccc(Cl)c1)C(=O)NC1(C#N)CCCCC1. The molecule has 1 aromatic rings. The molecule has 0 spiro atoms. The third-order valence-corrected chi connectivity index (χ3v) is 4.00. The molecule has 2 rings (SSSR count). The van der Waals surface area contributed by atoms with Crippen LogP contribution in [0.1, 0.15) is 39.0 Å². The molecule has 0 saturated heterocycles.